The molecule has 0 amide bonds. The molecule has 0 saturated heterocycles. The summed E-state index contributed by atoms with van der Waals surface area (Å²) < 4.78 is 2.18. The van der Waals surface area contributed by atoms with E-state index in [0.717, 1.165) is 17.5 Å². The lowest BCUT2D eigenvalue weighted by molar-refractivity contribution is 0.598. The molecule has 2 heterocycles. The van der Waals surface area contributed by atoms with Crippen LogP contribution in [0.4, 0.5) is 5.95 Å². The van der Waals surface area contributed by atoms with E-state index in [-0.39, 0.29) is 6.04 Å². The summed E-state index contributed by atoms with van der Waals surface area (Å²) in [5.74, 6) is 0.601. The van der Waals surface area contributed by atoms with Crippen molar-refractivity contribution in [1.29, 1.82) is 0 Å². The number of nitrogen functional groups attached to an aromatic ring is 1. The Kier molecular flexibility index (Phi) is 3.03. The molecule has 0 saturated carbocycles. The van der Waals surface area contributed by atoms with Crippen molar-refractivity contribution in [3.05, 3.63) is 46.2 Å². The fourth-order valence-electron chi connectivity index (χ4n) is 2.65. The fourth-order valence-corrected chi connectivity index (χ4v) is 3.55. The quantitative estimate of drug-likeness (QED) is 0.782. The Morgan fingerprint density at radius 1 is 1.32 bits per heavy atom. The summed E-state index contributed by atoms with van der Waals surface area (Å²) in [4.78, 5) is 5.83. The van der Waals surface area contributed by atoms with Gasteiger partial charge in [-0.1, -0.05) is 25.1 Å². The first kappa shape index (κ1) is 12.2. The molecule has 0 fully saturated rings. The molecule has 0 aliphatic heterocycles. The third-order valence-corrected chi connectivity index (χ3v) is 4.48. The van der Waals surface area contributed by atoms with Gasteiger partial charge >= 0.3 is 0 Å². The highest BCUT2D eigenvalue weighted by atomic mass is 32.1. The Morgan fingerprint density at radius 3 is 2.84 bits per heavy atom. The summed E-state index contributed by atoms with van der Waals surface area (Å²) in [6, 6.07) is 10.7. The molecular weight excluding hydrogens is 254 g/mol. The molecule has 3 aromatic rings. The first-order chi connectivity index (χ1) is 9.22. The second kappa shape index (κ2) is 4.70. The number of anilines is 1. The highest BCUT2D eigenvalue weighted by molar-refractivity contribution is 7.10. The Hall–Kier alpha value is -1.81. The minimum atomic E-state index is 0.270. The first-order valence-corrected chi connectivity index (χ1v) is 7.36. The number of aryl methyl sites for hydroxylation is 1. The molecule has 0 spiro atoms. The highest BCUT2D eigenvalue weighted by Crippen LogP contribution is 2.33. The van der Waals surface area contributed by atoms with Crippen molar-refractivity contribution < 1.29 is 0 Å². The largest absolute Gasteiger partial charge is 0.369 e. The van der Waals surface area contributed by atoms with Gasteiger partial charge in [-0.05, 0) is 36.4 Å². The minimum absolute atomic E-state index is 0.270. The number of hydrogen-bond donors (Lipinski definition) is 1. The van der Waals surface area contributed by atoms with Gasteiger partial charge in [-0.15, -0.1) is 11.3 Å². The zero-order chi connectivity index (χ0) is 13.4. The number of aromatic nitrogens is 2. The summed E-state index contributed by atoms with van der Waals surface area (Å²) in [5, 5.41) is 2.11. The first-order valence-electron chi connectivity index (χ1n) is 6.48. The number of hydrogen-bond acceptors (Lipinski definition) is 3. The van der Waals surface area contributed by atoms with E-state index < -0.39 is 0 Å². The van der Waals surface area contributed by atoms with Crippen LogP contribution in [0.15, 0.2) is 35.7 Å². The molecular formula is C15H17N3S. The van der Waals surface area contributed by atoms with Gasteiger partial charge in [0.25, 0.3) is 0 Å². The van der Waals surface area contributed by atoms with Crippen molar-refractivity contribution >= 4 is 28.3 Å². The Labute approximate surface area is 116 Å². The number of benzene rings is 1. The smallest absolute Gasteiger partial charge is 0.201 e. The van der Waals surface area contributed by atoms with Crippen LogP contribution >= 0.6 is 11.3 Å². The van der Waals surface area contributed by atoms with Gasteiger partial charge in [0.2, 0.25) is 5.95 Å². The predicted molar refractivity (Wildman–Crippen MR) is 81.6 cm³/mol. The SMILES string of the molecule is CCC(c1cccs1)n1c(N)nc2cccc(C)c21. The number of nitrogens with zero attached hydrogens (tertiary/aromatic N) is 2. The van der Waals surface area contributed by atoms with Crippen molar-refractivity contribution in [3.8, 4) is 0 Å². The van der Waals surface area contributed by atoms with Gasteiger partial charge in [-0.3, -0.25) is 0 Å². The summed E-state index contributed by atoms with van der Waals surface area (Å²) >= 11 is 1.77. The molecule has 0 aliphatic rings. The normalized spacial score (nSPS) is 12.9. The number of para-hydroxylation sites is 1. The highest BCUT2D eigenvalue weighted by Gasteiger charge is 2.19. The summed E-state index contributed by atoms with van der Waals surface area (Å²) in [5.41, 5.74) is 9.51. The van der Waals surface area contributed by atoms with Gasteiger partial charge in [0, 0.05) is 4.88 Å². The molecule has 1 unspecified atom stereocenters. The van der Waals surface area contributed by atoms with Crippen molar-refractivity contribution in [3.63, 3.8) is 0 Å². The predicted octanol–water partition coefficient (Wildman–Crippen LogP) is 3.99. The van der Waals surface area contributed by atoms with Crippen LogP contribution in [-0.4, -0.2) is 9.55 Å². The molecule has 19 heavy (non-hydrogen) atoms. The number of thiophene rings is 1. The molecule has 0 radical (unpaired) electrons. The minimum Gasteiger partial charge on any atom is -0.369 e. The van der Waals surface area contributed by atoms with Gasteiger partial charge < -0.3 is 10.3 Å². The molecule has 3 nitrogen and oxygen atoms in total. The Morgan fingerprint density at radius 2 is 2.16 bits per heavy atom. The maximum Gasteiger partial charge on any atom is 0.201 e. The van der Waals surface area contributed by atoms with Crippen molar-refractivity contribution in [2.24, 2.45) is 0 Å². The lowest BCUT2D eigenvalue weighted by Crippen LogP contribution is -2.11. The van der Waals surface area contributed by atoms with E-state index in [2.05, 4.69) is 47.0 Å². The Bertz CT molecular complexity index is 698. The molecule has 2 aromatic heterocycles. The monoisotopic (exact) mass is 271 g/mol. The van der Waals surface area contributed by atoms with E-state index in [0.29, 0.717) is 5.95 Å². The summed E-state index contributed by atoms with van der Waals surface area (Å²) in [7, 11) is 0. The molecule has 2 N–H and O–H groups in total. The molecule has 3 rings (SSSR count). The third kappa shape index (κ3) is 1.92. The lowest BCUT2D eigenvalue weighted by Gasteiger charge is -2.18. The van der Waals surface area contributed by atoms with Gasteiger partial charge in [0.05, 0.1) is 17.1 Å². The second-order valence-electron chi connectivity index (χ2n) is 4.72. The summed E-state index contributed by atoms with van der Waals surface area (Å²) in [6.07, 6.45) is 1.00. The second-order valence-corrected chi connectivity index (χ2v) is 5.70. The van der Waals surface area contributed by atoms with Crippen molar-refractivity contribution in [2.45, 2.75) is 26.3 Å². The van der Waals surface area contributed by atoms with E-state index in [1.807, 2.05) is 12.1 Å². The number of rotatable bonds is 3. The maximum atomic E-state index is 6.16. The average Bonchev–Trinajstić information content (AvgIpc) is 3.00. The van der Waals surface area contributed by atoms with Gasteiger partial charge in [0.1, 0.15) is 0 Å². The van der Waals surface area contributed by atoms with Crippen molar-refractivity contribution in [2.75, 3.05) is 5.73 Å². The molecule has 1 aromatic carbocycles. The van der Waals surface area contributed by atoms with E-state index in [1.54, 1.807) is 11.3 Å². The van der Waals surface area contributed by atoms with Crippen molar-refractivity contribution in [1.82, 2.24) is 9.55 Å². The van der Waals surface area contributed by atoms with Crippen LogP contribution in [-0.2, 0) is 0 Å². The number of nitrogens with two attached hydrogens (primary N) is 1. The lowest BCUT2D eigenvalue weighted by atomic mass is 10.1. The fraction of sp³-hybridized carbons (Fsp3) is 0.267. The maximum absolute atomic E-state index is 6.16. The molecule has 0 aliphatic carbocycles. The van der Waals surface area contributed by atoms with E-state index in [1.165, 1.54) is 10.4 Å². The van der Waals surface area contributed by atoms with Crippen LogP contribution in [0.5, 0.6) is 0 Å². The van der Waals surface area contributed by atoms with Crippen LogP contribution in [0.2, 0.25) is 0 Å². The van der Waals surface area contributed by atoms with Crippen LogP contribution in [0.25, 0.3) is 11.0 Å². The van der Waals surface area contributed by atoms with Crippen LogP contribution in [0.3, 0.4) is 0 Å². The topological polar surface area (TPSA) is 43.8 Å². The van der Waals surface area contributed by atoms with Gasteiger partial charge in [-0.2, -0.15) is 0 Å². The number of imidazole rings is 1. The summed E-state index contributed by atoms with van der Waals surface area (Å²) in [6.45, 7) is 4.30. The third-order valence-electron chi connectivity index (χ3n) is 3.51. The standard InChI is InChI=1S/C15H17N3S/c1-3-12(13-8-5-9-19-13)18-14-10(2)6-4-7-11(14)17-15(18)16/h4-9,12H,3H2,1-2H3,(H2,16,17). The molecule has 1 atom stereocenters. The van der Waals surface area contributed by atoms with E-state index in [9.17, 15) is 0 Å². The molecule has 0 bridgehead atoms. The van der Waals surface area contributed by atoms with E-state index >= 15 is 0 Å². The average molecular weight is 271 g/mol. The Balaban J connectivity index is 2.26. The molecule has 98 valence electrons. The van der Waals surface area contributed by atoms with Gasteiger partial charge in [0.15, 0.2) is 0 Å². The zero-order valence-corrected chi connectivity index (χ0v) is 11.9. The van der Waals surface area contributed by atoms with Gasteiger partial charge in [-0.25, -0.2) is 4.98 Å². The van der Waals surface area contributed by atoms with E-state index in [4.69, 9.17) is 5.73 Å². The van der Waals surface area contributed by atoms with Crippen LogP contribution in [0.1, 0.15) is 29.8 Å². The zero-order valence-electron chi connectivity index (χ0n) is 11.1. The molecule has 4 heteroatoms. The van der Waals surface area contributed by atoms with Crippen LogP contribution < -0.4 is 5.73 Å². The van der Waals surface area contributed by atoms with Crippen LogP contribution in [0, 0.1) is 6.92 Å². The number of fused-ring (bicyclic) bond motifs is 1.